The molecule has 0 atom stereocenters. The van der Waals surface area contributed by atoms with Gasteiger partial charge in [-0.3, -0.25) is 9.78 Å². The zero-order valence-corrected chi connectivity index (χ0v) is 22.6. The van der Waals surface area contributed by atoms with Crippen molar-refractivity contribution in [3.05, 3.63) is 79.1 Å². The third-order valence-corrected chi connectivity index (χ3v) is 6.63. The van der Waals surface area contributed by atoms with Crippen molar-refractivity contribution >= 4 is 39.8 Å². The molecule has 0 bridgehead atoms. The predicted molar refractivity (Wildman–Crippen MR) is 159 cm³/mol. The van der Waals surface area contributed by atoms with Crippen LogP contribution in [0.15, 0.2) is 79.1 Å². The first kappa shape index (κ1) is 26.3. The molecule has 0 unspecified atom stereocenters. The van der Waals surface area contributed by atoms with Gasteiger partial charge in [-0.05, 0) is 63.6 Å². The molecule has 0 spiro atoms. The number of likely N-dealkylation sites (N-methyl/N-ethyl adjacent to an activating group) is 2. The maximum Gasteiger partial charge on any atom is 0.248 e. The van der Waals surface area contributed by atoms with Gasteiger partial charge in [-0.25, -0.2) is 9.97 Å². The summed E-state index contributed by atoms with van der Waals surface area (Å²) in [4.78, 5) is 33.0. The Hall–Kier alpha value is -4.34. The summed E-state index contributed by atoms with van der Waals surface area (Å²) in [6.45, 7) is 4.91. The molecule has 0 saturated carbocycles. The van der Waals surface area contributed by atoms with E-state index in [1.54, 1.807) is 18.5 Å². The van der Waals surface area contributed by atoms with Crippen LogP contribution in [0.3, 0.4) is 0 Å². The van der Waals surface area contributed by atoms with Crippen LogP contribution in [-0.4, -0.2) is 84.5 Å². The summed E-state index contributed by atoms with van der Waals surface area (Å²) in [5.74, 6) is 0.326. The second-order valence-electron chi connectivity index (χ2n) is 9.99. The highest BCUT2D eigenvalue weighted by atomic mass is 16.1. The van der Waals surface area contributed by atoms with Crippen LogP contribution in [0.25, 0.3) is 22.2 Å². The number of anilines is 4. The number of nitrogens with one attached hydrogen (secondary N) is 2. The molecule has 4 aromatic rings. The number of piperazine rings is 1. The topological polar surface area (TPSA) is 89.5 Å². The number of nitrogens with zero attached hydrogens (tertiary/aromatic N) is 6. The largest absolute Gasteiger partial charge is 0.369 e. The van der Waals surface area contributed by atoms with Crippen LogP contribution in [0.4, 0.5) is 23.0 Å². The van der Waals surface area contributed by atoms with E-state index in [0.29, 0.717) is 18.2 Å². The number of aromatic nitrogens is 3. The van der Waals surface area contributed by atoms with Gasteiger partial charge in [0.15, 0.2) is 0 Å². The molecule has 2 N–H and O–H groups in total. The lowest BCUT2D eigenvalue weighted by atomic mass is 10.1. The molecule has 3 heterocycles. The summed E-state index contributed by atoms with van der Waals surface area (Å²) in [5.41, 5.74) is 5.15. The van der Waals surface area contributed by atoms with Gasteiger partial charge in [0.25, 0.3) is 0 Å². The van der Waals surface area contributed by atoms with E-state index in [4.69, 9.17) is 4.98 Å². The van der Waals surface area contributed by atoms with Crippen LogP contribution in [0, 0.1) is 0 Å². The Morgan fingerprint density at radius 3 is 2.56 bits per heavy atom. The summed E-state index contributed by atoms with van der Waals surface area (Å²) in [5, 5.41) is 7.14. The maximum atomic E-state index is 12.3. The van der Waals surface area contributed by atoms with Crippen molar-refractivity contribution in [1.82, 2.24) is 24.8 Å². The van der Waals surface area contributed by atoms with Crippen LogP contribution in [0.1, 0.15) is 0 Å². The summed E-state index contributed by atoms with van der Waals surface area (Å²) in [6, 6.07) is 17.9. The number of rotatable bonds is 8. The fourth-order valence-electron chi connectivity index (χ4n) is 4.48. The van der Waals surface area contributed by atoms with Crippen molar-refractivity contribution in [3.63, 3.8) is 0 Å². The van der Waals surface area contributed by atoms with Crippen LogP contribution in [0.5, 0.6) is 0 Å². The van der Waals surface area contributed by atoms with Gasteiger partial charge >= 0.3 is 0 Å². The highest BCUT2D eigenvalue weighted by molar-refractivity contribution is 6.00. The molecule has 2 aromatic heterocycles. The summed E-state index contributed by atoms with van der Waals surface area (Å²) in [7, 11) is 6.08. The van der Waals surface area contributed by atoms with Crippen LogP contribution >= 0.6 is 0 Å². The number of pyridine rings is 1. The summed E-state index contributed by atoms with van der Waals surface area (Å²) >= 11 is 0. The SMILES string of the molecule is CN(C)CC=CC(=O)Nc1cccc(-c2nccc3cnc(Nc4ccc(N5CCN(C)CC5)cc4)nc23)c1. The molecule has 5 rings (SSSR count). The average molecular weight is 523 g/mol. The van der Waals surface area contributed by atoms with E-state index in [-0.39, 0.29) is 5.91 Å². The molecule has 2 aromatic carbocycles. The minimum absolute atomic E-state index is 0.174. The number of fused-ring (bicyclic) bond motifs is 1. The molecule has 200 valence electrons. The molecule has 1 aliphatic heterocycles. The van der Waals surface area contributed by atoms with Crippen molar-refractivity contribution in [2.24, 2.45) is 0 Å². The highest BCUT2D eigenvalue weighted by Gasteiger charge is 2.14. The Labute approximate surface area is 229 Å². The lowest BCUT2D eigenvalue weighted by Gasteiger charge is -2.34. The first-order chi connectivity index (χ1) is 18.9. The van der Waals surface area contributed by atoms with E-state index >= 15 is 0 Å². The zero-order valence-electron chi connectivity index (χ0n) is 22.6. The summed E-state index contributed by atoms with van der Waals surface area (Å²) < 4.78 is 0. The third-order valence-electron chi connectivity index (χ3n) is 6.63. The van der Waals surface area contributed by atoms with E-state index in [0.717, 1.165) is 54.0 Å². The van der Waals surface area contributed by atoms with Crippen molar-refractivity contribution < 1.29 is 4.79 Å². The van der Waals surface area contributed by atoms with E-state index < -0.39 is 0 Å². The van der Waals surface area contributed by atoms with Gasteiger partial charge in [0, 0.05) is 79.2 Å². The molecule has 0 aliphatic carbocycles. The van der Waals surface area contributed by atoms with Crippen molar-refractivity contribution in [2.45, 2.75) is 0 Å². The number of carbonyl (C=O) groups excluding carboxylic acids is 1. The Kier molecular flexibility index (Phi) is 8.10. The molecular formula is C30H34N8O. The number of hydrogen-bond acceptors (Lipinski definition) is 8. The molecule has 1 aliphatic rings. The Bertz CT molecular complexity index is 1460. The number of carbonyl (C=O) groups is 1. The molecule has 1 amide bonds. The molecule has 1 fully saturated rings. The Morgan fingerprint density at radius 2 is 1.79 bits per heavy atom. The minimum atomic E-state index is -0.174. The molecular weight excluding hydrogens is 488 g/mol. The molecule has 1 saturated heterocycles. The normalized spacial score (nSPS) is 14.3. The fraction of sp³-hybridized carbons (Fsp3) is 0.267. The minimum Gasteiger partial charge on any atom is -0.369 e. The number of amides is 1. The quantitative estimate of drug-likeness (QED) is 0.332. The van der Waals surface area contributed by atoms with Gasteiger partial charge < -0.3 is 25.3 Å². The molecule has 9 nitrogen and oxygen atoms in total. The lowest BCUT2D eigenvalue weighted by Crippen LogP contribution is -2.44. The average Bonchev–Trinajstić information content (AvgIpc) is 2.93. The second kappa shape index (κ2) is 12.0. The lowest BCUT2D eigenvalue weighted by molar-refractivity contribution is -0.111. The summed E-state index contributed by atoms with van der Waals surface area (Å²) in [6.07, 6.45) is 6.93. The standard InChI is InChI=1S/C30H34N8O/c1-36(2)15-5-8-27(39)33-25-7-4-6-22(20-25)28-29-23(13-14-31-28)21-32-30(35-29)34-24-9-11-26(12-10-24)38-18-16-37(3)17-19-38/h4-14,20-21H,15-19H2,1-3H3,(H,33,39)(H,32,34,35). The van der Waals surface area contributed by atoms with E-state index in [1.807, 2.05) is 55.4 Å². The van der Waals surface area contributed by atoms with Crippen molar-refractivity contribution in [3.8, 4) is 11.3 Å². The van der Waals surface area contributed by atoms with E-state index in [2.05, 4.69) is 61.7 Å². The predicted octanol–water partition coefficient (Wildman–Crippen LogP) is 4.24. The fourth-order valence-corrected chi connectivity index (χ4v) is 4.48. The molecule has 39 heavy (non-hydrogen) atoms. The van der Waals surface area contributed by atoms with E-state index in [1.165, 1.54) is 5.69 Å². The number of benzene rings is 2. The monoisotopic (exact) mass is 522 g/mol. The van der Waals surface area contributed by atoms with Gasteiger partial charge in [-0.15, -0.1) is 0 Å². The highest BCUT2D eigenvalue weighted by Crippen LogP contribution is 2.28. The van der Waals surface area contributed by atoms with Gasteiger partial charge in [-0.1, -0.05) is 18.2 Å². The second-order valence-corrected chi connectivity index (χ2v) is 9.99. The number of hydrogen-bond donors (Lipinski definition) is 2. The smallest absolute Gasteiger partial charge is 0.248 e. The maximum absolute atomic E-state index is 12.3. The van der Waals surface area contributed by atoms with Gasteiger partial charge in [-0.2, -0.15) is 0 Å². The third kappa shape index (κ3) is 6.76. The Balaban J connectivity index is 1.34. The van der Waals surface area contributed by atoms with E-state index in [9.17, 15) is 4.79 Å². The van der Waals surface area contributed by atoms with Gasteiger partial charge in [0.2, 0.25) is 11.9 Å². The van der Waals surface area contributed by atoms with Crippen LogP contribution in [0.2, 0.25) is 0 Å². The molecule has 9 heteroatoms. The Morgan fingerprint density at radius 1 is 1.00 bits per heavy atom. The molecule has 0 radical (unpaired) electrons. The van der Waals surface area contributed by atoms with Crippen molar-refractivity contribution in [2.75, 3.05) is 69.4 Å². The first-order valence-electron chi connectivity index (χ1n) is 13.1. The van der Waals surface area contributed by atoms with Crippen LogP contribution < -0.4 is 15.5 Å². The first-order valence-corrected chi connectivity index (χ1v) is 13.1. The van der Waals surface area contributed by atoms with Crippen LogP contribution in [-0.2, 0) is 4.79 Å². The van der Waals surface area contributed by atoms with Crippen molar-refractivity contribution in [1.29, 1.82) is 0 Å². The zero-order chi connectivity index (χ0) is 27.2. The van der Waals surface area contributed by atoms with Gasteiger partial charge in [0.05, 0.1) is 5.69 Å². The van der Waals surface area contributed by atoms with Gasteiger partial charge in [0.1, 0.15) is 5.52 Å².